The molecule has 18 heavy (non-hydrogen) atoms. The molecule has 0 bridgehead atoms. The molecule has 98 valence electrons. The molecule has 2 nitrogen and oxygen atoms in total. The molecule has 0 spiro atoms. The van der Waals surface area contributed by atoms with Gasteiger partial charge < -0.3 is 9.47 Å². The number of allylic oxidation sites excluding steroid dienone is 3. The van der Waals surface area contributed by atoms with Crippen molar-refractivity contribution in [2.75, 3.05) is 14.2 Å². The maximum absolute atomic E-state index is 11.8. The second-order valence-corrected chi connectivity index (χ2v) is 3.37. The Labute approximate surface area is 103 Å². The Bertz CT molecular complexity index is 448. The van der Waals surface area contributed by atoms with Crippen LogP contribution >= 0.6 is 0 Å². The van der Waals surface area contributed by atoms with E-state index in [0.29, 0.717) is 11.5 Å². The molecule has 0 heterocycles. The first-order valence-electron chi connectivity index (χ1n) is 5.11. The zero-order valence-corrected chi connectivity index (χ0v) is 9.99. The Morgan fingerprint density at radius 2 is 1.67 bits per heavy atom. The molecule has 0 radical (unpaired) electrons. The van der Waals surface area contributed by atoms with Crippen molar-refractivity contribution in [2.24, 2.45) is 0 Å². The average molecular weight is 258 g/mol. The van der Waals surface area contributed by atoms with Crippen LogP contribution in [0.5, 0.6) is 11.5 Å². The number of hydrogen-bond donors (Lipinski definition) is 0. The van der Waals surface area contributed by atoms with E-state index in [1.807, 2.05) is 0 Å². The Morgan fingerprint density at radius 1 is 1.00 bits per heavy atom. The van der Waals surface area contributed by atoms with Gasteiger partial charge in [-0.2, -0.15) is 13.2 Å². The van der Waals surface area contributed by atoms with Crippen LogP contribution in [0.4, 0.5) is 13.2 Å². The molecule has 1 rings (SSSR count). The Kier molecular flexibility index (Phi) is 4.83. The molecular formula is C13H13F3O2. The number of alkyl halides is 3. The maximum Gasteiger partial charge on any atom is 0.409 e. The van der Waals surface area contributed by atoms with E-state index in [1.54, 1.807) is 24.3 Å². The number of methoxy groups -OCH3 is 2. The van der Waals surface area contributed by atoms with Crippen molar-refractivity contribution in [3.63, 3.8) is 0 Å². The van der Waals surface area contributed by atoms with Gasteiger partial charge in [-0.15, -0.1) is 0 Å². The Hall–Kier alpha value is -1.91. The van der Waals surface area contributed by atoms with Crippen LogP contribution < -0.4 is 9.47 Å². The van der Waals surface area contributed by atoms with Gasteiger partial charge in [-0.1, -0.05) is 24.3 Å². The largest absolute Gasteiger partial charge is 0.493 e. The first kappa shape index (κ1) is 14.2. The second kappa shape index (κ2) is 6.14. The molecule has 0 saturated heterocycles. The van der Waals surface area contributed by atoms with Gasteiger partial charge in [-0.25, -0.2) is 0 Å². The molecule has 0 atom stereocenters. The third-order valence-corrected chi connectivity index (χ3v) is 2.09. The van der Waals surface area contributed by atoms with Gasteiger partial charge in [0.2, 0.25) is 0 Å². The van der Waals surface area contributed by atoms with Crippen LogP contribution in [-0.4, -0.2) is 20.4 Å². The molecule has 0 unspecified atom stereocenters. The minimum absolute atomic E-state index is 0.171. The Morgan fingerprint density at radius 3 is 2.22 bits per heavy atom. The topological polar surface area (TPSA) is 18.5 Å². The van der Waals surface area contributed by atoms with Gasteiger partial charge in [0.05, 0.1) is 14.2 Å². The predicted octanol–water partition coefficient (Wildman–Crippen LogP) is 3.84. The summed E-state index contributed by atoms with van der Waals surface area (Å²) in [6.45, 7) is 0. The van der Waals surface area contributed by atoms with E-state index in [2.05, 4.69) is 0 Å². The molecule has 0 amide bonds. The van der Waals surface area contributed by atoms with Gasteiger partial charge in [0.15, 0.2) is 11.5 Å². The maximum atomic E-state index is 11.8. The van der Waals surface area contributed by atoms with Crippen molar-refractivity contribution in [2.45, 2.75) is 6.18 Å². The lowest BCUT2D eigenvalue weighted by Gasteiger charge is -2.07. The van der Waals surface area contributed by atoms with Crippen molar-refractivity contribution in [1.82, 2.24) is 0 Å². The number of hydrogen-bond acceptors (Lipinski definition) is 2. The zero-order valence-electron chi connectivity index (χ0n) is 9.99. The van der Waals surface area contributed by atoms with Crippen molar-refractivity contribution in [1.29, 1.82) is 0 Å². The molecule has 0 saturated carbocycles. The smallest absolute Gasteiger partial charge is 0.409 e. The molecule has 1 aromatic rings. The van der Waals surface area contributed by atoms with Crippen LogP contribution in [-0.2, 0) is 0 Å². The molecule has 1 aromatic carbocycles. The van der Waals surface area contributed by atoms with Crippen molar-refractivity contribution < 1.29 is 22.6 Å². The average Bonchev–Trinajstić information content (AvgIpc) is 2.33. The number of ether oxygens (including phenoxy) is 2. The van der Waals surface area contributed by atoms with E-state index in [0.717, 1.165) is 11.6 Å². The normalized spacial score (nSPS) is 12.3. The monoisotopic (exact) mass is 258 g/mol. The summed E-state index contributed by atoms with van der Waals surface area (Å²) in [5.41, 5.74) is 0.722. The first-order valence-corrected chi connectivity index (χ1v) is 5.11. The molecule has 0 aromatic heterocycles. The molecule has 0 N–H and O–H groups in total. The SMILES string of the molecule is COc1ccc(/C=C/C=C/C(F)(F)F)cc1OC. The summed E-state index contributed by atoms with van der Waals surface area (Å²) in [5, 5.41) is 0. The van der Waals surface area contributed by atoms with E-state index in [-0.39, 0.29) is 6.08 Å². The standard InChI is InChI=1S/C13H13F3O2/c1-17-11-7-6-10(9-12(11)18-2)5-3-4-8-13(14,15)16/h3-9H,1-2H3/b5-3+,8-4+. The summed E-state index contributed by atoms with van der Waals surface area (Å²) in [5.74, 6) is 1.10. The molecule has 5 heteroatoms. The summed E-state index contributed by atoms with van der Waals surface area (Å²) in [6, 6.07) is 5.09. The van der Waals surface area contributed by atoms with Crippen molar-refractivity contribution >= 4 is 6.08 Å². The molecule has 0 aliphatic carbocycles. The van der Waals surface area contributed by atoms with Gasteiger partial charge >= 0.3 is 6.18 Å². The molecule has 0 aliphatic rings. The van der Waals surface area contributed by atoms with E-state index < -0.39 is 6.18 Å². The summed E-state index contributed by atoms with van der Waals surface area (Å²) in [7, 11) is 3.01. The van der Waals surface area contributed by atoms with Gasteiger partial charge in [-0.3, -0.25) is 0 Å². The van der Waals surface area contributed by atoms with Crippen LogP contribution in [0.1, 0.15) is 5.56 Å². The van der Waals surface area contributed by atoms with Crippen LogP contribution in [0.3, 0.4) is 0 Å². The summed E-state index contributed by atoms with van der Waals surface area (Å²) in [6.07, 6.45) is -0.318. The molecule has 0 fully saturated rings. The third kappa shape index (κ3) is 4.53. The van der Waals surface area contributed by atoms with Crippen LogP contribution in [0.2, 0.25) is 0 Å². The first-order chi connectivity index (χ1) is 8.46. The lowest BCUT2D eigenvalue weighted by molar-refractivity contribution is -0.0798. The number of halogens is 3. The third-order valence-electron chi connectivity index (χ3n) is 2.09. The number of rotatable bonds is 4. The van der Waals surface area contributed by atoms with Gasteiger partial charge in [-0.05, 0) is 17.7 Å². The summed E-state index contributed by atoms with van der Waals surface area (Å²) in [4.78, 5) is 0. The highest BCUT2D eigenvalue weighted by molar-refractivity contribution is 5.56. The van der Waals surface area contributed by atoms with E-state index in [4.69, 9.17) is 9.47 Å². The van der Waals surface area contributed by atoms with Crippen molar-refractivity contribution in [3.05, 3.63) is 42.0 Å². The lowest BCUT2D eigenvalue weighted by atomic mass is 10.2. The highest BCUT2D eigenvalue weighted by Crippen LogP contribution is 2.28. The van der Waals surface area contributed by atoms with Gasteiger partial charge in [0.1, 0.15) is 0 Å². The van der Waals surface area contributed by atoms with Gasteiger partial charge in [0, 0.05) is 6.08 Å². The van der Waals surface area contributed by atoms with Crippen LogP contribution in [0, 0.1) is 0 Å². The zero-order chi connectivity index (χ0) is 13.6. The van der Waals surface area contributed by atoms with E-state index >= 15 is 0 Å². The fraction of sp³-hybridized carbons (Fsp3) is 0.231. The molecule has 0 aliphatic heterocycles. The molecular weight excluding hydrogens is 245 g/mol. The summed E-state index contributed by atoms with van der Waals surface area (Å²) >= 11 is 0. The van der Waals surface area contributed by atoms with Crippen LogP contribution in [0.15, 0.2) is 36.4 Å². The highest BCUT2D eigenvalue weighted by Gasteiger charge is 2.21. The van der Waals surface area contributed by atoms with E-state index in [9.17, 15) is 13.2 Å². The fourth-order valence-corrected chi connectivity index (χ4v) is 1.29. The van der Waals surface area contributed by atoms with E-state index in [1.165, 1.54) is 20.3 Å². The Balaban J connectivity index is 2.80. The number of benzene rings is 1. The fourth-order valence-electron chi connectivity index (χ4n) is 1.29. The quantitative estimate of drug-likeness (QED) is 0.764. The lowest BCUT2D eigenvalue weighted by Crippen LogP contribution is -1.99. The minimum Gasteiger partial charge on any atom is -0.493 e. The van der Waals surface area contributed by atoms with Crippen LogP contribution in [0.25, 0.3) is 6.08 Å². The highest BCUT2D eigenvalue weighted by atomic mass is 19.4. The van der Waals surface area contributed by atoms with Crippen molar-refractivity contribution in [3.8, 4) is 11.5 Å². The summed E-state index contributed by atoms with van der Waals surface area (Å²) < 4.78 is 45.7. The second-order valence-electron chi connectivity index (χ2n) is 3.37. The minimum atomic E-state index is -4.29. The predicted molar refractivity (Wildman–Crippen MR) is 63.8 cm³/mol. The van der Waals surface area contributed by atoms with Gasteiger partial charge in [0.25, 0.3) is 0 Å².